The highest BCUT2D eigenvalue weighted by molar-refractivity contribution is 6.30. The van der Waals surface area contributed by atoms with Crippen molar-refractivity contribution in [2.24, 2.45) is 0 Å². The zero-order chi connectivity index (χ0) is 17.8. The fourth-order valence-electron chi connectivity index (χ4n) is 2.50. The maximum absolute atomic E-state index is 12.7. The number of amides is 1. The van der Waals surface area contributed by atoms with Crippen LogP contribution in [0.15, 0.2) is 53.6 Å². The van der Waals surface area contributed by atoms with E-state index < -0.39 is 12.5 Å². The molecule has 1 heterocycles. The third-order valence-electron chi connectivity index (χ3n) is 3.81. The number of carbonyl (C=O) groups is 1. The number of benzene rings is 2. The molecule has 0 atom stereocenters. The number of aromatic nitrogens is 2. The lowest BCUT2D eigenvalue weighted by atomic mass is 10.1. The van der Waals surface area contributed by atoms with Crippen LogP contribution in [0.5, 0.6) is 0 Å². The highest BCUT2D eigenvalue weighted by Gasteiger charge is 2.07. The average molecular weight is 358 g/mol. The second-order valence-electron chi connectivity index (χ2n) is 5.56. The zero-order valence-electron chi connectivity index (χ0n) is 13.3. The van der Waals surface area contributed by atoms with Crippen LogP contribution in [0.25, 0.3) is 10.9 Å². The molecule has 2 aromatic carbocycles. The number of carbonyl (C=O) groups excluding carboxylic acids is 1. The number of hydrogen-bond acceptors (Lipinski definition) is 4. The minimum Gasteiger partial charge on any atom is -0.387 e. The summed E-state index contributed by atoms with van der Waals surface area (Å²) in [5, 5.41) is 12.4. The number of rotatable bonds is 5. The Morgan fingerprint density at radius 2 is 1.96 bits per heavy atom. The Bertz CT molecular complexity index is 967. The molecule has 3 rings (SSSR count). The van der Waals surface area contributed by atoms with Gasteiger partial charge in [0, 0.05) is 17.3 Å². The van der Waals surface area contributed by atoms with Crippen LogP contribution in [0, 0.1) is 0 Å². The normalized spacial score (nSPS) is 10.8. The Labute approximate surface area is 148 Å². The van der Waals surface area contributed by atoms with Gasteiger partial charge in [-0.2, -0.15) is 0 Å². The van der Waals surface area contributed by atoms with Crippen molar-refractivity contribution in [1.29, 1.82) is 0 Å². The summed E-state index contributed by atoms with van der Waals surface area (Å²) in [5.41, 5.74) is 1.88. The Kier molecular flexibility index (Phi) is 5.11. The lowest BCUT2D eigenvalue weighted by molar-refractivity contribution is -0.118. The van der Waals surface area contributed by atoms with Crippen molar-refractivity contribution in [3.63, 3.8) is 0 Å². The van der Waals surface area contributed by atoms with Gasteiger partial charge < -0.3 is 10.4 Å². The maximum atomic E-state index is 12.7. The SMILES string of the molecule is O=C(CO)Nc1ccc2ncn(CCc3ccc(Cl)cc3)c(=O)c2c1. The Morgan fingerprint density at radius 3 is 2.68 bits per heavy atom. The summed E-state index contributed by atoms with van der Waals surface area (Å²) in [6, 6.07) is 12.3. The Balaban J connectivity index is 1.86. The van der Waals surface area contributed by atoms with Crippen molar-refractivity contribution in [1.82, 2.24) is 9.55 Å². The van der Waals surface area contributed by atoms with Crippen molar-refractivity contribution in [3.05, 3.63) is 69.7 Å². The Morgan fingerprint density at radius 1 is 1.20 bits per heavy atom. The summed E-state index contributed by atoms with van der Waals surface area (Å²) in [4.78, 5) is 28.2. The molecule has 2 N–H and O–H groups in total. The van der Waals surface area contributed by atoms with Crippen LogP contribution in [0.3, 0.4) is 0 Å². The standard InChI is InChI=1S/C18H16ClN3O3/c19-13-3-1-12(2-4-13)7-8-22-11-20-16-6-5-14(21-17(24)10-23)9-15(16)18(22)25/h1-6,9,11,23H,7-8,10H2,(H,21,24). The highest BCUT2D eigenvalue weighted by atomic mass is 35.5. The molecular formula is C18H16ClN3O3. The summed E-state index contributed by atoms with van der Waals surface area (Å²) in [6.07, 6.45) is 2.19. The largest absolute Gasteiger partial charge is 0.387 e. The number of nitrogens with zero attached hydrogens (tertiary/aromatic N) is 2. The van der Waals surface area contributed by atoms with E-state index in [0.717, 1.165) is 5.56 Å². The van der Waals surface area contributed by atoms with Crippen molar-refractivity contribution in [2.75, 3.05) is 11.9 Å². The number of nitrogens with one attached hydrogen (secondary N) is 1. The van der Waals surface area contributed by atoms with Gasteiger partial charge in [0.25, 0.3) is 5.56 Å². The first-order valence-electron chi connectivity index (χ1n) is 7.71. The molecule has 25 heavy (non-hydrogen) atoms. The zero-order valence-corrected chi connectivity index (χ0v) is 14.0. The predicted octanol–water partition coefficient (Wildman–Crippen LogP) is 2.22. The van der Waals surface area contributed by atoms with E-state index in [1.807, 2.05) is 24.3 Å². The van der Waals surface area contributed by atoms with Gasteiger partial charge in [0.05, 0.1) is 17.2 Å². The quantitative estimate of drug-likeness (QED) is 0.733. The van der Waals surface area contributed by atoms with Crippen molar-refractivity contribution >= 4 is 34.1 Å². The van der Waals surface area contributed by atoms with E-state index in [2.05, 4.69) is 10.3 Å². The number of fused-ring (bicyclic) bond motifs is 1. The molecule has 1 aromatic heterocycles. The third-order valence-corrected chi connectivity index (χ3v) is 4.06. The smallest absolute Gasteiger partial charge is 0.261 e. The number of halogens is 1. The van der Waals surface area contributed by atoms with Crippen LogP contribution < -0.4 is 10.9 Å². The van der Waals surface area contributed by atoms with Gasteiger partial charge in [0.15, 0.2) is 0 Å². The van der Waals surface area contributed by atoms with Crippen LogP contribution in [-0.2, 0) is 17.8 Å². The molecule has 6 nitrogen and oxygen atoms in total. The molecule has 0 bridgehead atoms. The molecule has 0 saturated carbocycles. The van der Waals surface area contributed by atoms with Crippen LogP contribution >= 0.6 is 11.6 Å². The minimum atomic E-state index is -0.615. The molecule has 1 amide bonds. The van der Waals surface area contributed by atoms with Crippen LogP contribution in [0.2, 0.25) is 5.02 Å². The summed E-state index contributed by atoms with van der Waals surface area (Å²) >= 11 is 5.87. The first-order valence-corrected chi connectivity index (χ1v) is 8.09. The fraction of sp³-hybridized carbons (Fsp3) is 0.167. The maximum Gasteiger partial charge on any atom is 0.261 e. The van der Waals surface area contributed by atoms with Gasteiger partial charge >= 0.3 is 0 Å². The number of aliphatic hydroxyl groups excluding tert-OH is 1. The molecule has 0 saturated heterocycles. The number of hydrogen-bond donors (Lipinski definition) is 2. The lowest BCUT2D eigenvalue weighted by Gasteiger charge is -2.08. The molecule has 0 spiro atoms. The molecule has 3 aromatic rings. The summed E-state index contributed by atoms with van der Waals surface area (Å²) < 4.78 is 1.54. The topological polar surface area (TPSA) is 84.2 Å². The summed E-state index contributed by atoms with van der Waals surface area (Å²) in [6.45, 7) is -0.132. The van der Waals surface area contributed by atoms with Gasteiger partial charge in [0.2, 0.25) is 5.91 Å². The molecule has 0 aliphatic carbocycles. The summed E-state index contributed by atoms with van der Waals surface area (Å²) in [7, 11) is 0. The van der Waals surface area contributed by atoms with Crippen LogP contribution in [0.4, 0.5) is 5.69 Å². The second-order valence-corrected chi connectivity index (χ2v) is 5.99. The monoisotopic (exact) mass is 357 g/mol. The number of aryl methyl sites for hydroxylation is 2. The van der Waals surface area contributed by atoms with E-state index >= 15 is 0 Å². The fourth-order valence-corrected chi connectivity index (χ4v) is 2.62. The van der Waals surface area contributed by atoms with E-state index in [1.165, 1.54) is 10.9 Å². The molecule has 0 radical (unpaired) electrons. The van der Waals surface area contributed by atoms with Gasteiger partial charge in [-0.15, -0.1) is 0 Å². The highest BCUT2D eigenvalue weighted by Crippen LogP contribution is 2.15. The van der Waals surface area contributed by atoms with Gasteiger partial charge in [-0.3, -0.25) is 14.2 Å². The first kappa shape index (κ1) is 17.1. The van der Waals surface area contributed by atoms with Gasteiger partial charge in [-0.05, 0) is 42.3 Å². The molecule has 0 aliphatic heterocycles. The van der Waals surface area contributed by atoms with E-state index in [9.17, 15) is 9.59 Å². The predicted molar refractivity (Wildman–Crippen MR) is 96.9 cm³/mol. The number of anilines is 1. The second kappa shape index (κ2) is 7.46. The van der Waals surface area contributed by atoms with E-state index in [-0.39, 0.29) is 5.56 Å². The minimum absolute atomic E-state index is 0.181. The lowest BCUT2D eigenvalue weighted by Crippen LogP contribution is -2.22. The van der Waals surface area contributed by atoms with E-state index in [0.29, 0.717) is 34.6 Å². The van der Waals surface area contributed by atoms with Crippen molar-refractivity contribution < 1.29 is 9.90 Å². The number of aliphatic hydroxyl groups is 1. The van der Waals surface area contributed by atoms with E-state index in [1.54, 1.807) is 18.2 Å². The van der Waals surface area contributed by atoms with Crippen LogP contribution in [-0.4, -0.2) is 27.2 Å². The molecule has 0 fully saturated rings. The van der Waals surface area contributed by atoms with Crippen molar-refractivity contribution in [3.8, 4) is 0 Å². The van der Waals surface area contributed by atoms with Crippen molar-refractivity contribution in [2.45, 2.75) is 13.0 Å². The summed E-state index contributed by atoms with van der Waals surface area (Å²) in [5.74, 6) is -0.536. The van der Waals surface area contributed by atoms with Gasteiger partial charge in [0.1, 0.15) is 6.61 Å². The molecule has 0 unspecified atom stereocenters. The van der Waals surface area contributed by atoms with E-state index in [4.69, 9.17) is 16.7 Å². The first-order chi connectivity index (χ1) is 12.1. The molecule has 128 valence electrons. The van der Waals surface area contributed by atoms with Crippen LogP contribution in [0.1, 0.15) is 5.56 Å². The Hall–Kier alpha value is -2.70. The van der Waals surface area contributed by atoms with Gasteiger partial charge in [-0.25, -0.2) is 4.98 Å². The molecular weight excluding hydrogens is 342 g/mol. The van der Waals surface area contributed by atoms with Gasteiger partial charge in [-0.1, -0.05) is 23.7 Å². The molecule has 7 heteroatoms. The third kappa shape index (κ3) is 4.04. The average Bonchev–Trinajstić information content (AvgIpc) is 2.63. The molecule has 0 aliphatic rings.